The molecule has 0 saturated carbocycles. The largest absolute Gasteiger partial charge is 0.496 e. The van der Waals surface area contributed by atoms with Gasteiger partial charge in [-0.25, -0.2) is 0 Å². The molecule has 1 aromatic carbocycles. The quantitative estimate of drug-likeness (QED) is 0.888. The first-order valence-corrected chi connectivity index (χ1v) is 8.66. The maximum Gasteiger partial charge on any atom is 0.238 e. The van der Waals surface area contributed by atoms with Crippen molar-refractivity contribution in [2.75, 3.05) is 25.7 Å². The predicted octanol–water partition coefficient (Wildman–Crippen LogP) is 1.20. The van der Waals surface area contributed by atoms with Crippen molar-refractivity contribution in [3.05, 3.63) is 29.3 Å². The molecule has 2 rings (SSSR count). The summed E-state index contributed by atoms with van der Waals surface area (Å²) >= 11 is 0. The monoisotopic (exact) mass is 310 g/mol. The normalized spacial score (nSPS) is 21.4. The van der Waals surface area contributed by atoms with E-state index in [2.05, 4.69) is 5.32 Å². The summed E-state index contributed by atoms with van der Waals surface area (Å²) in [7, 11) is 0.714. The van der Waals surface area contributed by atoms with Crippen LogP contribution in [0.2, 0.25) is 0 Å². The predicted molar refractivity (Wildman–Crippen MR) is 83.7 cm³/mol. The molecule has 6 heteroatoms. The van der Waals surface area contributed by atoms with Crippen molar-refractivity contribution in [3.63, 3.8) is 0 Å². The molecule has 0 aliphatic carbocycles. The summed E-state index contributed by atoms with van der Waals surface area (Å²) in [5.41, 5.74) is 2.05. The van der Waals surface area contributed by atoms with Crippen molar-refractivity contribution in [2.24, 2.45) is 0 Å². The zero-order valence-electron chi connectivity index (χ0n) is 12.9. The van der Waals surface area contributed by atoms with Crippen LogP contribution in [-0.2, 0) is 15.6 Å². The number of rotatable bonds is 5. The van der Waals surface area contributed by atoms with Crippen LogP contribution >= 0.6 is 0 Å². The zero-order chi connectivity index (χ0) is 15.6. The second kappa shape index (κ2) is 6.58. The van der Waals surface area contributed by atoms with Gasteiger partial charge in [0.05, 0.1) is 13.7 Å². The van der Waals surface area contributed by atoms with E-state index in [1.54, 1.807) is 18.3 Å². The van der Waals surface area contributed by atoms with Crippen LogP contribution in [0.5, 0.6) is 5.75 Å². The van der Waals surface area contributed by atoms with Gasteiger partial charge in [0.2, 0.25) is 5.91 Å². The molecule has 1 aliphatic heterocycles. The summed E-state index contributed by atoms with van der Waals surface area (Å²) in [6, 6.07) is 5.84. The van der Waals surface area contributed by atoms with Crippen LogP contribution in [0.1, 0.15) is 24.2 Å². The third kappa shape index (κ3) is 3.44. The van der Waals surface area contributed by atoms with Gasteiger partial charge in [-0.2, -0.15) is 0 Å². The summed E-state index contributed by atoms with van der Waals surface area (Å²) in [5, 5.41) is 3.23. The van der Waals surface area contributed by atoms with E-state index in [-0.39, 0.29) is 18.1 Å². The number of ether oxygens (including phenoxy) is 1. The number of nitrogens with one attached hydrogen (secondary N) is 1. The van der Waals surface area contributed by atoms with Crippen molar-refractivity contribution in [2.45, 2.75) is 26.1 Å². The maximum atomic E-state index is 12.1. The van der Waals surface area contributed by atoms with Crippen LogP contribution in [-0.4, -0.2) is 46.7 Å². The number of methoxy groups -OCH3 is 1. The highest BCUT2D eigenvalue weighted by molar-refractivity contribution is 7.84. The Morgan fingerprint density at radius 2 is 2.24 bits per heavy atom. The van der Waals surface area contributed by atoms with Gasteiger partial charge in [-0.05, 0) is 37.1 Å². The number of benzene rings is 1. The Bertz CT molecular complexity index is 562. The molecule has 116 valence electrons. The van der Waals surface area contributed by atoms with Crippen LogP contribution in [0.4, 0.5) is 0 Å². The average molecular weight is 310 g/mol. The molecule has 0 spiro atoms. The van der Waals surface area contributed by atoms with Crippen LogP contribution in [0.25, 0.3) is 0 Å². The summed E-state index contributed by atoms with van der Waals surface area (Å²) < 4.78 is 16.7. The molecule has 1 amide bonds. The van der Waals surface area contributed by atoms with Crippen LogP contribution in [0.3, 0.4) is 0 Å². The molecule has 1 aliphatic rings. The molecule has 5 nitrogen and oxygen atoms in total. The molecular formula is C15H22N2O3S. The van der Waals surface area contributed by atoms with Crippen molar-refractivity contribution in [1.29, 1.82) is 0 Å². The van der Waals surface area contributed by atoms with Crippen molar-refractivity contribution in [1.82, 2.24) is 10.2 Å². The molecule has 1 aromatic rings. The summed E-state index contributed by atoms with van der Waals surface area (Å²) in [4.78, 5) is 13.9. The van der Waals surface area contributed by atoms with E-state index in [0.717, 1.165) is 16.9 Å². The van der Waals surface area contributed by atoms with Crippen LogP contribution in [0, 0.1) is 6.92 Å². The lowest BCUT2D eigenvalue weighted by atomic mass is 10.1. The highest BCUT2D eigenvalue weighted by Crippen LogP contribution is 2.28. The fourth-order valence-corrected chi connectivity index (χ4v) is 3.63. The van der Waals surface area contributed by atoms with Crippen molar-refractivity contribution in [3.8, 4) is 5.75 Å². The molecule has 0 aromatic heterocycles. The van der Waals surface area contributed by atoms with Gasteiger partial charge >= 0.3 is 0 Å². The first-order chi connectivity index (χ1) is 9.93. The first kappa shape index (κ1) is 16.0. The molecular weight excluding hydrogens is 288 g/mol. The Morgan fingerprint density at radius 3 is 2.81 bits per heavy atom. The highest BCUT2D eigenvalue weighted by atomic mass is 32.2. The first-order valence-electron chi connectivity index (χ1n) is 6.93. The molecule has 1 fully saturated rings. The zero-order valence-corrected chi connectivity index (χ0v) is 13.7. The molecule has 0 bridgehead atoms. The van der Waals surface area contributed by atoms with Gasteiger partial charge in [-0.3, -0.25) is 14.3 Å². The van der Waals surface area contributed by atoms with Crippen LogP contribution in [0.15, 0.2) is 18.2 Å². The molecule has 3 atom stereocenters. The van der Waals surface area contributed by atoms with E-state index in [1.807, 2.05) is 32.0 Å². The minimum Gasteiger partial charge on any atom is -0.496 e. The minimum atomic E-state index is -0.929. The number of hydrogen-bond acceptors (Lipinski definition) is 4. The molecule has 1 N–H and O–H groups in total. The number of amides is 1. The van der Waals surface area contributed by atoms with E-state index in [1.165, 1.54) is 0 Å². The second-order valence-corrected chi connectivity index (χ2v) is 6.88. The lowest BCUT2D eigenvalue weighted by molar-refractivity contribution is -0.129. The van der Waals surface area contributed by atoms with E-state index in [0.29, 0.717) is 12.3 Å². The van der Waals surface area contributed by atoms with Gasteiger partial charge in [0.1, 0.15) is 11.9 Å². The Balaban J connectivity index is 2.26. The third-order valence-electron chi connectivity index (χ3n) is 3.70. The maximum absolute atomic E-state index is 12.1. The summed E-state index contributed by atoms with van der Waals surface area (Å²) in [6.45, 7) is 4.24. The highest BCUT2D eigenvalue weighted by Gasteiger charge is 2.35. The van der Waals surface area contributed by atoms with Crippen molar-refractivity contribution < 1.29 is 13.7 Å². The van der Waals surface area contributed by atoms with E-state index in [4.69, 9.17) is 4.74 Å². The van der Waals surface area contributed by atoms with E-state index >= 15 is 0 Å². The van der Waals surface area contributed by atoms with Gasteiger partial charge < -0.3 is 9.64 Å². The average Bonchev–Trinajstić information content (AvgIpc) is 2.79. The molecule has 0 radical (unpaired) electrons. The number of hydrogen-bond donors (Lipinski definition) is 1. The summed E-state index contributed by atoms with van der Waals surface area (Å²) in [5.74, 6) is 1.36. The Kier molecular flexibility index (Phi) is 5.00. The Hall–Kier alpha value is -1.40. The third-order valence-corrected chi connectivity index (χ3v) is 4.65. The summed E-state index contributed by atoms with van der Waals surface area (Å²) in [6.07, 6.45) is 1.50. The van der Waals surface area contributed by atoms with Gasteiger partial charge in [-0.1, -0.05) is 6.07 Å². The Morgan fingerprint density at radius 1 is 1.52 bits per heavy atom. The Labute approximate surface area is 128 Å². The topological polar surface area (TPSA) is 58.6 Å². The van der Waals surface area contributed by atoms with Gasteiger partial charge in [0, 0.05) is 28.9 Å². The number of nitrogens with zero attached hydrogens (tertiary/aromatic N) is 1. The van der Waals surface area contributed by atoms with E-state index < -0.39 is 10.8 Å². The fraction of sp³-hybridized carbons (Fsp3) is 0.533. The van der Waals surface area contributed by atoms with Gasteiger partial charge in [0.15, 0.2) is 0 Å². The van der Waals surface area contributed by atoms with Crippen molar-refractivity contribution >= 4 is 16.7 Å². The van der Waals surface area contributed by atoms with E-state index in [9.17, 15) is 9.00 Å². The van der Waals surface area contributed by atoms with Gasteiger partial charge in [0.25, 0.3) is 0 Å². The SMILES string of the molecule is COc1ccc(C2NCC(=O)N2C(C)CS(C)=O)cc1C. The lowest BCUT2D eigenvalue weighted by Gasteiger charge is -2.30. The minimum absolute atomic E-state index is 0.0476. The van der Waals surface area contributed by atoms with Crippen LogP contribution < -0.4 is 10.1 Å². The molecule has 21 heavy (non-hydrogen) atoms. The molecule has 3 unspecified atom stereocenters. The number of aryl methyl sites for hydroxylation is 1. The number of carbonyl (C=O) groups is 1. The molecule has 1 saturated heterocycles. The smallest absolute Gasteiger partial charge is 0.238 e. The fourth-order valence-electron chi connectivity index (χ4n) is 2.79. The number of carbonyl (C=O) groups excluding carboxylic acids is 1. The lowest BCUT2D eigenvalue weighted by Crippen LogP contribution is -2.40. The molecule has 1 heterocycles. The van der Waals surface area contributed by atoms with Gasteiger partial charge in [-0.15, -0.1) is 0 Å². The standard InChI is InChI=1S/C15H22N2O3S/c1-10-7-12(5-6-13(10)20-3)15-16-8-14(18)17(15)11(2)9-21(4)19/h5-7,11,15-16H,8-9H2,1-4H3. The second-order valence-electron chi connectivity index (χ2n) is 5.40.